The van der Waals surface area contributed by atoms with Gasteiger partial charge in [0.15, 0.2) is 0 Å². The number of carbonyl (C=O) groups is 1. The Morgan fingerprint density at radius 1 is 2.00 bits per heavy atom. The summed E-state index contributed by atoms with van der Waals surface area (Å²) in [5, 5.41) is 10.6. The van der Waals surface area contributed by atoms with Gasteiger partial charge in [-0.05, 0) is 6.42 Å². The molecule has 0 saturated carbocycles. The molecule has 1 atom stereocenters. The molecule has 1 unspecified atom stereocenters. The van der Waals surface area contributed by atoms with Crippen molar-refractivity contribution in [3.63, 3.8) is 0 Å². The van der Waals surface area contributed by atoms with Gasteiger partial charge in [0.25, 0.3) is 0 Å². The maximum Gasteiger partial charge on any atom is 0.335 e. The molecule has 0 heterocycles. The Balaban J connectivity index is 3.24. The minimum atomic E-state index is -0.945. The second-order valence-electron chi connectivity index (χ2n) is 1.40. The average Bonchev–Trinajstić information content (AvgIpc) is 1.65. The number of hydrogen-bond donors (Lipinski definition) is 2. The van der Waals surface area contributed by atoms with Crippen molar-refractivity contribution in [2.45, 2.75) is 19.6 Å². The Hall–Kier alpha value is -0.770. The molecule has 3 N–H and O–H groups in total. The fourth-order valence-corrected chi connectivity index (χ4v) is 0.253. The SMILES string of the molecule is CCC(O)NC([NH])=O. The van der Waals surface area contributed by atoms with Crippen molar-refractivity contribution >= 4 is 6.03 Å². The summed E-state index contributed by atoms with van der Waals surface area (Å²) in [5.41, 5.74) is 6.30. The molecule has 1 radical (unpaired) electrons. The number of urea groups is 1. The van der Waals surface area contributed by atoms with Crippen LogP contribution in [-0.4, -0.2) is 17.4 Å². The lowest BCUT2D eigenvalue weighted by Gasteiger charge is -2.04. The first-order valence-electron chi connectivity index (χ1n) is 2.37. The Labute approximate surface area is 47.7 Å². The fourth-order valence-electron chi connectivity index (χ4n) is 0.253. The highest BCUT2D eigenvalue weighted by atomic mass is 16.3. The van der Waals surface area contributed by atoms with Crippen molar-refractivity contribution in [2.75, 3.05) is 0 Å². The first-order valence-corrected chi connectivity index (χ1v) is 2.37. The van der Waals surface area contributed by atoms with Gasteiger partial charge in [0.2, 0.25) is 0 Å². The van der Waals surface area contributed by atoms with Gasteiger partial charge >= 0.3 is 6.03 Å². The molecule has 0 aromatic carbocycles. The van der Waals surface area contributed by atoms with Crippen LogP contribution < -0.4 is 11.1 Å². The van der Waals surface area contributed by atoms with E-state index in [2.05, 4.69) is 0 Å². The van der Waals surface area contributed by atoms with Crippen LogP contribution in [0.4, 0.5) is 4.79 Å². The van der Waals surface area contributed by atoms with E-state index >= 15 is 0 Å². The molecule has 0 spiro atoms. The number of aliphatic hydroxyl groups is 1. The van der Waals surface area contributed by atoms with Crippen LogP contribution in [0.25, 0.3) is 0 Å². The largest absolute Gasteiger partial charge is 0.374 e. The topological polar surface area (TPSA) is 73.1 Å². The molecular weight excluding hydrogens is 108 g/mol. The van der Waals surface area contributed by atoms with E-state index in [9.17, 15) is 4.79 Å². The van der Waals surface area contributed by atoms with E-state index in [1.807, 2.05) is 5.32 Å². The van der Waals surface area contributed by atoms with Crippen LogP contribution in [0.5, 0.6) is 0 Å². The standard InChI is InChI=1S/C4H9N2O2/c1-2-3(7)6-4(5)8/h3,5,7H,2H2,1H3,(H,6,8). The third kappa shape index (κ3) is 3.42. The van der Waals surface area contributed by atoms with Gasteiger partial charge in [-0.2, -0.15) is 0 Å². The quantitative estimate of drug-likeness (QED) is 0.487. The lowest BCUT2D eigenvalue weighted by molar-refractivity contribution is 0.139. The van der Waals surface area contributed by atoms with E-state index in [0.717, 1.165) is 0 Å². The van der Waals surface area contributed by atoms with Crippen LogP contribution >= 0.6 is 0 Å². The van der Waals surface area contributed by atoms with Gasteiger partial charge in [-0.3, -0.25) is 0 Å². The summed E-state index contributed by atoms with van der Waals surface area (Å²) in [7, 11) is 0. The van der Waals surface area contributed by atoms with Gasteiger partial charge in [-0.1, -0.05) is 6.92 Å². The van der Waals surface area contributed by atoms with E-state index in [4.69, 9.17) is 10.8 Å². The van der Waals surface area contributed by atoms with Crippen molar-refractivity contribution in [3.05, 3.63) is 0 Å². The van der Waals surface area contributed by atoms with Crippen molar-refractivity contribution in [1.29, 1.82) is 0 Å². The fraction of sp³-hybridized carbons (Fsp3) is 0.750. The second-order valence-corrected chi connectivity index (χ2v) is 1.40. The molecule has 2 amide bonds. The molecule has 47 valence electrons. The Bertz CT molecular complexity index is 84.1. The van der Waals surface area contributed by atoms with Crippen molar-refractivity contribution in [1.82, 2.24) is 11.1 Å². The smallest absolute Gasteiger partial charge is 0.335 e. The minimum absolute atomic E-state index is 0.435. The van der Waals surface area contributed by atoms with Crippen LogP contribution in [-0.2, 0) is 0 Å². The predicted molar refractivity (Wildman–Crippen MR) is 27.9 cm³/mol. The molecule has 4 heteroatoms. The number of hydrogen-bond acceptors (Lipinski definition) is 2. The minimum Gasteiger partial charge on any atom is -0.374 e. The molecular formula is C4H9N2O2. The molecule has 0 aliphatic carbocycles. The summed E-state index contributed by atoms with van der Waals surface area (Å²) in [6, 6.07) is -0.945. The number of aliphatic hydroxyl groups excluding tert-OH is 1. The first kappa shape index (κ1) is 7.23. The van der Waals surface area contributed by atoms with Gasteiger partial charge in [-0.25, -0.2) is 10.5 Å². The third-order valence-corrected chi connectivity index (χ3v) is 0.684. The lowest BCUT2D eigenvalue weighted by atomic mass is 10.4. The highest BCUT2D eigenvalue weighted by Crippen LogP contribution is 1.81. The van der Waals surface area contributed by atoms with Crippen LogP contribution in [0.3, 0.4) is 0 Å². The Morgan fingerprint density at radius 2 is 2.50 bits per heavy atom. The highest BCUT2D eigenvalue weighted by molar-refractivity contribution is 5.70. The molecule has 0 bridgehead atoms. The first-order chi connectivity index (χ1) is 3.66. The lowest BCUT2D eigenvalue weighted by Crippen LogP contribution is -2.33. The molecule has 0 fully saturated rings. The maximum atomic E-state index is 9.81. The van der Waals surface area contributed by atoms with Crippen LogP contribution in [0.15, 0.2) is 0 Å². The third-order valence-electron chi connectivity index (χ3n) is 0.684. The summed E-state index contributed by atoms with van der Waals surface area (Å²) in [6.45, 7) is 1.71. The highest BCUT2D eigenvalue weighted by Gasteiger charge is 1.99. The van der Waals surface area contributed by atoms with Crippen molar-refractivity contribution in [3.8, 4) is 0 Å². The molecule has 8 heavy (non-hydrogen) atoms. The summed E-state index contributed by atoms with van der Waals surface area (Å²) in [6.07, 6.45) is -0.426. The summed E-state index contributed by atoms with van der Waals surface area (Å²) >= 11 is 0. The predicted octanol–water partition coefficient (Wildman–Crippen LogP) is -0.293. The molecule has 0 aromatic rings. The van der Waals surface area contributed by atoms with Crippen LogP contribution in [0.2, 0.25) is 0 Å². The molecule has 0 saturated heterocycles. The van der Waals surface area contributed by atoms with E-state index in [-0.39, 0.29) is 0 Å². The van der Waals surface area contributed by atoms with Crippen LogP contribution in [0, 0.1) is 0 Å². The zero-order valence-electron chi connectivity index (χ0n) is 4.64. The maximum absolute atomic E-state index is 9.81. The molecule has 0 rings (SSSR count). The summed E-state index contributed by atoms with van der Waals surface area (Å²) in [4.78, 5) is 9.81. The number of nitrogens with one attached hydrogen (secondary N) is 2. The normalized spacial score (nSPS) is 12.8. The van der Waals surface area contributed by atoms with Crippen molar-refractivity contribution in [2.24, 2.45) is 0 Å². The average molecular weight is 117 g/mol. The zero-order valence-corrected chi connectivity index (χ0v) is 4.64. The zero-order chi connectivity index (χ0) is 6.57. The molecule has 0 aliphatic rings. The van der Waals surface area contributed by atoms with Crippen LogP contribution in [0.1, 0.15) is 13.3 Å². The molecule has 4 nitrogen and oxygen atoms in total. The van der Waals surface area contributed by atoms with Gasteiger partial charge in [0, 0.05) is 0 Å². The second kappa shape index (κ2) is 3.26. The summed E-state index contributed by atoms with van der Waals surface area (Å²) < 4.78 is 0. The van der Waals surface area contributed by atoms with E-state index in [1.54, 1.807) is 6.92 Å². The van der Waals surface area contributed by atoms with E-state index in [0.29, 0.717) is 6.42 Å². The van der Waals surface area contributed by atoms with Gasteiger partial charge in [-0.15, -0.1) is 0 Å². The number of carbonyl (C=O) groups excluding carboxylic acids is 1. The Kier molecular flexibility index (Phi) is 2.95. The number of rotatable bonds is 2. The monoisotopic (exact) mass is 117 g/mol. The van der Waals surface area contributed by atoms with Gasteiger partial charge in [0.05, 0.1) is 0 Å². The Morgan fingerprint density at radius 3 is 2.62 bits per heavy atom. The van der Waals surface area contributed by atoms with Crippen molar-refractivity contribution < 1.29 is 9.90 Å². The summed E-state index contributed by atoms with van der Waals surface area (Å²) in [5.74, 6) is 0. The number of amides is 2. The molecule has 0 aliphatic heterocycles. The van der Waals surface area contributed by atoms with E-state index in [1.165, 1.54) is 0 Å². The van der Waals surface area contributed by atoms with E-state index < -0.39 is 12.3 Å². The molecule has 0 aromatic heterocycles. The van der Waals surface area contributed by atoms with Gasteiger partial charge < -0.3 is 10.4 Å². The van der Waals surface area contributed by atoms with Gasteiger partial charge in [0.1, 0.15) is 6.23 Å².